The number of phenolic OH excluding ortho intramolecular Hbond substituents is 1. The molecule has 134 valence electrons. The molecule has 2 aromatic rings. The zero-order valence-electron chi connectivity index (χ0n) is 14.7. The van der Waals surface area contributed by atoms with Crippen molar-refractivity contribution in [1.82, 2.24) is 15.5 Å². The molecule has 2 atom stereocenters. The lowest BCUT2D eigenvalue weighted by atomic mass is 9.94. The van der Waals surface area contributed by atoms with Gasteiger partial charge in [-0.25, -0.2) is 4.79 Å². The first-order chi connectivity index (χ1) is 12.0. The number of nitrogens with zero attached hydrogens (tertiary/aromatic N) is 1. The largest absolute Gasteiger partial charge is 0.508 e. The SMILES string of the molecule is C[C@@H](Cc1ccsc1)NC(=O)NC[C@@H]1Cc2ccc(O)cc2CN1C. The molecule has 0 fully saturated rings. The van der Waals surface area contributed by atoms with Gasteiger partial charge in [0, 0.05) is 25.2 Å². The summed E-state index contributed by atoms with van der Waals surface area (Å²) in [5.41, 5.74) is 3.66. The van der Waals surface area contributed by atoms with E-state index in [4.69, 9.17) is 0 Å². The average molecular weight is 359 g/mol. The molecule has 2 heterocycles. The van der Waals surface area contributed by atoms with Crippen LogP contribution in [-0.2, 0) is 19.4 Å². The Morgan fingerprint density at radius 1 is 1.40 bits per heavy atom. The first-order valence-corrected chi connectivity index (χ1v) is 9.52. The molecule has 2 amide bonds. The topological polar surface area (TPSA) is 64.6 Å². The number of amides is 2. The average Bonchev–Trinajstić information content (AvgIpc) is 3.05. The molecule has 1 aromatic heterocycles. The molecule has 0 aliphatic carbocycles. The molecule has 3 rings (SSSR count). The molecule has 0 radical (unpaired) electrons. The minimum Gasteiger partial charge on any atom is -0.508 e. The highest BCUT2D eigenvalue weighted by Gasteiger charge is 2.24. The van der Waals surface area contributed by atoms with E-state index >= 15 is 0 Å². The van der Waals surface area contributed by atoms with Gasteiger partial charge in [-0.3, -0.25) is 4.90 Å². The number of hydrogen-bond donors (Lipinski definition) is 3. The van der Waals surface area contributed by atoms with Gasteiger partial charge in [0.2, 0.25) is 0 Å². The van der Waals surface area contributed by atoms with Gasteiger partial charge < -0.3 is 15.7 Å². The van der Waals surface area contributed by atoms with Crippen LogP contribution in [0, 0.1) is 0 Å². The van der Waals surface area contributed by atoms with Gasteiger partial charge in [0.1, 0.15) is 5.75 Å². The first kappa shape index (κ1) is 17.8. The van der Waals surface area contributed by atoms with Crippen molar-refractivity contribution < 1.29 is 9.90 Å². The Bertz CT molecular complexity index is 717. The van der Waals surface area contributed by atoms with E-state index in [1.807, 2.05) is 19.1 Å². The number of fused-ring (bicyclic) bond motifs is 1. The molecular weight excluding hydrogens is 334 g/mol. The fraction of sp³-hybridized carbons (Fsp3) is 0.421. The summed E-state index contributed by atoms with van der Waals surface area (Å²) in [5, 5.41) is 19.8. The van der Waals surface area contributed by atoms with Gasteiger partial charge in [-0.1, -0.05) is 6.07 Å². The van der Waals surface area contributed by atoms with Gasteiger partial charge in [0.25, 0.3) is 0 Å². The van der Waals surface area contributed by atoms with E-state index in [-0.39, 0.29) is 18.1 Å². The molecule has 0 bridgehead atoms. The number of carbonyl (C=O) groups excluding carboxylic acids is 1. The molecular formula is C19H25N3O2S. The number of nitrogens with one attached hydrogen (secondary N) is 2. The molecule has 0 saturated heterocycles. The number of phenols is 1. The Kier molecular flexibility index (Phi) is 5.60. The number of benzene rings is 1. The predicted octanol–water partition coefficient (Wildman–Crippen LogP) is 2.74. The maximum absolute atomic E-state index is 12.2. The summed E-state index contributed by atoms with van der Waals surface area (Å²) < 4.78 is 0. The molecule has 1 aliphatic rings. The van der Waals surface area contributed by atoms with E-state index < -0.39 is 0 Å². The lowest BCUT2D eigenvalue weighted by Gasteiger charge is -2.34. The fourth-order valence-corrected chi connectivity index (χ4v) is 3.97. The summed E-state index contributed by atoms with van der Waals surface area (Å²) >= 11 is 1.68. The van der Waals surface area contributed by atoms with Crippen LogP contribution < -0.4 is 10.6 Å². The highest BCUT2D eigenvalue weighted by atomic mass is 32.1. The van der Waals surface area contributed by atoms with Crippen LogP contribution in [0.15, 0.2) is 35.0 Å². The van der Waals surface area contributed by atoms with Crippen LogP contribution in [0.3, 0.4) is 0 Å². The van der Waals surface area contributed by atoms with E-state index in [1.165, 1.54) is 11.1 Å². The number of carbonyl (C=O) groups is 1. The molecule has 1 aliphatic heterocycles. The van der Waals surface area contributed by atoms with E-state index in [1.54, 1.807) is 17.4 Å². The summed E-state index contributed by atoms with van der Waals surface area (Å²) in [6, 6.07) is 7.87. The van der Waals surface area contributed by atoms with Gasteiger partial charge in [0.15, 0.2) is 0 Å². The molecule has 0 saturated carbocycles. The molecule has 6 heteroatoms. The lowest BCUT2D eigenvalue weighted by molar-refractivity contribution is 0.202. The molecule has 0 unspecified atom stereocenters. The Labute approximate surface area is 152 Å². The second-order valence-corrected chi connectivity index (χ2v) is 7.60. The number of likely N-dealkylation sites (N-methyl/N-ethyl adjacent to an activating group) is 1. The van der Waals surface area contributed by atoms with E-state index in [9.17, 15) is 9.90 Å². The van der Waals surface area contributed by atoms with Crippen LogP contribution >= 0.6 is 11.3 Å². The highest BCUT2D eigenvalue weighted by Crippen LogP contribution is 2.25. The Balaban J connectivity index is 1.48. The van der Waals surface area contributed by atoms with Crippen molar-refractivity contribution in [3.8, 4) is 5.75 Å². The maximum atomic E-state index is 12.2. The zero-order valence-corrected chi connectivity index (χ0v) is 15.5. The Morgan fingerprint density at radius 3 is 3.00 bits per heavy atom. The minimum atomic E-state index is -0.118. The van der Waals surface area contributed by atoms with Crippen LogP contribution in [0.1, 0.15) is 23.6 Å². The number of urea groups is 1. The second-order valence-electron chi connectivity index (χ2n) is 6.82. The van der Waals surface area contributed by atoms with Crippen molar-refractivity contribution in [3.63, 3.8) is 0 Å². The van der Waals surface area contributed by atoms with Crippen molar-refractivity contribution in [2.45, 2.75) is 38.4 Å². The third-order valence-electron chi connectivity index (χ3n) is 4.69. The molecule has 0 spiro atoms. The van der Waals surface area contributed by atoms with Crippen molar-refractivity contribution in [1.29, 1.82) is 0 Å². The third-order valence-corrected chi connectivity index (χ3v) is 5.42. The lowest BCUT2D eigenvalue weighted by Crippen LogP contribution is -2.49. The summed E-state index contributed by atoms with van der Waals surface area (Å²) in [4.78, 5) is 14.4. The number of rotatable bonds is 5. The number of hydrogen-bond acceptors (Lipinski definition) is 4. The Morgan fingerprint density at radius 2 is 2.24 bits per heavy atom. The van der Waals surface area contributed by atoms with E-state index in [0.29, 0.717) is 12.3 Å². The normalized spacial score (nSPS) is 18.4. The number of thiophene rings is 1. The van der Waals surface area contributed by atoms with Gasteiger partial charge in [0.05, 0.1) is 0 Å². The van der Waals surface area contributed by atoms with Gasteiger partial charge in [-0.15, -0.1) is 0 Å². The van der Waals surface area contributed by atoms with Crippen molar-refractivity contribution in [2.75, 3.05) is 13.6 Å². The highest BCUT2D eigenvalue weighted by molar-refractivity contribution is 7.07. The van der Waals surface area contributed by atoms with Crippen LogP contribution in [0.25, 0.3) is 0 Å². The summed E-state index contributed by atoms with van der Waals surface area (Å²) in [6.07, 6.45) is 1.72. The molecule has 5 nitrogen and oxygen atoms in total. The number of aromatic hydroxyl groups is 1. The summed E-state index contributed by atoms with van der Waals surface area (Å²) in [5.74, 6) is 0.308. The zero-order chi connectivity index (χ0) is 17.8. The quantitative estimate of drug-likeness (QED) is 0.769. The van der Waals surface area contributed by atoms with Gasteiger partial charge >= 0.3 is 6.03 Å². The van der Waals surface area contributed by atoms with Crippen molar-refractivity contribution in [2.24, 2.45) is 0 Å². The minimum absolute atomic E-state index is 0.0994. The monoisotopic (exact) mass is 359 g/mol. The van der Waals surface area contributed by atoms with E-state index in [2.05, 4.69) is 39.4 Å². The smallest absolute Gasteiger partial charge is 0.315 e. The first-order valence-electron chi connectivity index (χ1n) is 8.57. The van der Waals surface area contributed by atoms with Gasteiger partial charge in [-0.05, 0) is 72.5 Å². The fourth-order valence-electron chi connectivity index (χ4n) is 3.29. The van der Waals surface area contributed by atoms with Gasteiger partial charge in [-0.2, -0.15) is 11.3 Å². The van der Waals surface area contributed by atoms with E-state index in [0.717, 1.165) is 24.9 Å². The third kappa shape index (κ3) is 4.74. The predicted molar refractivity (Wildman–Crippen MR) is 101 cm³/mol. The van der Waals surface area contributed by atoms with Crippen LogP contribution in [0.4, 0.5) is 4.79 Å². The standard InChI is InChI=1S/C19H25N3O2S/c1-13(7-14-5-6-25-12-14)21-19(24)20-10-17-8-15-3-4-18(23)9-16(15)11-22(17)2/h3-6,9,12-13,17,23H,7-8,10-11H2,1-2H3,(H2,20,21,24)/t13-,17-/m0/s1. The van der Waals surface area contributed by atoms with Crippen molar-refractivity contribution in [3.05, 3.63) is 51.7 Å². The van der Waals surface area contributed by atoms with Crippen LogP contribution in [0.5, 0.6) is 5.75 Å². The van der Waals surface area contributed by atoms with Crippen molar-refractivity contribution >= 4 is 17.4 Å². The Hall–Kier alpha value is -2.05. The molecule has 25 heavy (non-hydrogen) atoms. The summed E-state index contributed by atoms with van der Waals surface area (Å²) in [7, 11) is 2.05. The summed E-state index contributed by atoms with van der Waals surface area (Å²) in [6.45, 7) is 3.41. The molecule has 3 N–H and O–H groups in total. The second kappa shape index (κ2) is 7.89. The van der Waals surface area contributed by atoms with Crippen LogP contribution in [0.2, 0.25) is 0 Å². The maximum Gasteiger partial charge on any atom is 0.315 e. The van der Waals surface area contributed by atoms with Crippen LogP contribution in [-0.4, -0.2) is 41.7 Å². The molecule has 1 aromatic carbocycles.